The monoisotopic (exact) mass is 410 g/mol. The van der Waals surface area contributed by atoms with E-state index in [0.717, 1.165) is 22.1 Å². The molecule has 4 rings (SSSR count). The molecule has 0 unspecified atom stereocenters. The number of benzene rings is 4. The molecule has 0 saturated heterocycles. The molecule has 4 aromatic rings. The summed E-state index contributed by atoms with van der Waals surface area (Å²) in [6.45, 7) is 0. The van der Waals surface area contributed by atoms with Gasteiger partial charge in [0.25, 0.3) is 5.91 Å². The van der Waals surface area contributed by atoms with E-state index in [2.05, 4.69) is 10.5 Å². The number of ether oxygens (including phenoxy) is 1. The number of carbonyl (C=O) groups excluding carboxylic acids is 1. The first-order valence-corrected chi connectivity index (χ1v) is 9.87. The molecule has 0 aromatic heterocycles. The number of hydrogen-bond donors (Lipinski definition) is 2. The fraction of sp³-hybridized carbons (Fsp3) is 0.0769. The van der Waals surface area contributed by atoms with Crippen molar-refractivity contribution in [3.05, 3.63) is 114 Å². The molecule has 0 fully saturated rings. The van der Waals surface area contributed by atoms with Crippen molar-refractivity contribution < 1.29 is 14.6 Å². The number of amides is 1. The Labute approximate surface area is 180 Å². The van der Waals surface area contributed by atoms with Crippen LogP contribution in [0.1, 0.15) is 16.7 Å². The molecule has 0 saturated carbocycles. The highest BCUT2D eigenvalue weighted by Crippen LogP contribution is 2.30. The molecule has 0 heterocycles. The maximum absolute atomic E-state index is 13.1. The van der Waals surface area contributed by atoms with Gasteiger partial charge in [0, 0.05) is 10.9 Å². The molecule has 31 heavy (non-hydrogen) atoms. The zero-order valence-corrected chi connectivity index (χ0v) is 17.0. The molecular weight excluding hydrogens is 388 g/mol. The van der Waals surface area contributed by atoms with Crippen LogP contribution in [-0.2, 0) is 10.4 Å². The summed E-state index contributed by atoms with van der Waals surface area (Å²) in [6.07, 6.45) is 1.57. The molecule has 0 aliphatic rings. The van der Waals surface area contributed by atoms with E-state index in [1.807, 2.05) is 48.5 Å². The van der Waals surface area contributed by atoms with Gasteiger partial charge < -0.3 is 9.84 Å². The minimum Gasteiger partial charge on any atom is -0.496 e. The second-order valence-corrected chi connectivity index (χ2v) is 7.04. The Morgan fingerprint density at radius 2 is 1.39 bits per heavy atom. The van der Waals surface area contributed by atoms with Gasteiger partial charge in [-0.15, -0.1) is 0 Å². The fourth-order valence-corrected chi connectivity index (χ4v) is 3.61. The number of hydrogen-bond acceptors (Lipinski definition) is 4. The third kappa shape index (κ3) is 3.91. The Balaban J connectivity index is 1.65. The zero-order chi connectivity index (χ0) is 21.7. The molecule has 0 aliphatic heterocycles. The molecule has 0 aliphatic carbocycles. The normalized spacial score (nSPS) is 11.5. The summed E-state index contributed by atoms with van der Waals surface area (Å²) in [7, 11) is 1.63. The zero-order valence-electron chi connectivity index (χ0n) is 17.0. The third-order valence-corrected chi connectivity index (χ3v) is 5.22. The smallest absolute Gasteiger partial charge is 0.281 e. The Kier molecular flexibility index (Phi) is 5.78. The Hall–Kier alpha value is -3.96. The van der Waals surface area contributed by atoms with Crippen LogP contribution >= 0.6 is 0 Å². The average molecular weight is 410 g/mol. The first-order valence-electron chi connectivity index (χ1n) is 9.87. The summed E-state index contributed by atoms with van der Waals surface area (Å²) in [6, 6.07) is 29.2. The van der Waals surface area contributed by atoms with E-state index >= 15 is 0 Å². The van der Waals surface area contributed by atoms with Gasteiger partial charge in [-0.25, -0.2) is 5.43 Å². The van der Waals surface area contributed by atoms with Gasteiger partial charge >= 0.3 is 0 Å². The van der Waals surface area contributed by atoms with Crippen molar-refractivity contribution in [1.29, 1.82) is 0 Å². The number of rotatable bonds is 6. The Bertz CT molecular complexity index is 1180. The number of methoxy groups -OCH3 is 1. The van der Waals surface area contributed by atoms with Crippen molar-refractivity contribution in [3.8, 4) is 5.75 Å². The molecule has 0 atom stereocenters. The number of nitrogens with zero attached hydrogens (tertiary/aromatic N) is 1. The number of nitrogens with one attached hydrogen (secondary N) is 1. The Morgan fingerprint density at radius 3 is 1.97 bits per heavy atom. The van der Waals surface area contributed by atoms with E-state index in [1.165, 1.54) is 0 Å². The summed E-state index contributed by atoms with van der Waals surface area (Å²) >= 11 is 0. The molecule has 154 valence electrons. The summed E-state index contributed by atoms with van der Waals surface area (Å²) in [4.78, 5) is 13.1. The van der Waals surface area contributed by atoms with Crippen LogP contribution in [0.4, 0.5) is 0 Å². The lowest BCUT2D eigenvalue weighted by molar-refractivity contribution is -0.136. The van der Waals surface area contributed by atoms with Gasteiger partial charge in [0.05, 0.1) is 13.3 Å². The molecule has 4 aromatic carbocycles. The highest BCUT2D eigenvalue weighted by Gasteiger charge is 2.39. The predicted octanol–water partition coefficient (Wildman–Crippen LogP) is 4.23. The van der Waals surface area contributed by atoms with Gasteiger partial charge in [0.15, 0.2) is 5.60 Å². The lowest BCUT2D eigenvalue weighted by Gasteiger charge is -2.27. The maximum atomic E-state index is 13.1. The van der Waals surface area contributed by atoms with Crippen molar-refractivity contribution in [2.75, 3.05) is 7.11 Å². The largest absolute Gasteiger partial charge is 0.496 e. The number of carbonyl (C=O) groups is 1. The van der Waals surface area contributed by atoms with Gasteiger partial charge in [-0.1, -0.05) is 84.9 Å². The van der Waals surface area contributed by atoms with Crippen LogP contribution < -0.4 is 10.2 Å². The van der Waals surface area contributed by atoms with Gasteiger partial charge in [0.2, 0.25) is 0 Å². The maximum Gasteiger partial charge on any atom is 0.281 e. The van der Waals surface area contributed by atoms with Crippen LogP contribution in [0.5, 0.6) is 5.75 Å². The summed E-state index contributed by atoms with van der Waals surface area (Å²) in [5, 5.41) is 17.5. The van der Waals surface area contributed by atoms with Crippen molar-refractivity contribution in [1.82, 2.24) is 5.43 Å². The van der Waals surface area contributed by atoms with Gasteiger partial charge in [-0.3, -0.25) is 4.79 Å². The summed E-state index contributed by atoms with van der Waals surface area (Å²) < 4.78 is 5.42. The minimum atomic E-state index is -1.87. The van der Waals surface area contributed by atoms with Gasteiger partial charge in [-0.05, 0) is 28.6 Å². The van der Waals surface area contributed by atoms with E-state index in [0.29, 0.717) is 11.1 Å². The van der Waals surface area contributed by atoms with E-state index in [9.17, 15) is 9.90 Å². The van der Waals surface area contributed by atoms with Crippen molar-refractivity contribution in [2.45, 2.75) is 5.60 Å². The molecule has 0 spiro atoms. The molecule has 1 amide bonds. The topological polar surface area (TPSA) is 70.9 Å². The fourth-order valence-electron chi connectivity index (χ4n) is 3.61. The number of hydrazone groups is 1. The average Bonchev–Trinajstić information content (AvgIpc) is 2.84. The van der Waals surface area contributed by atoms with Gasteiger partial charge in [-0.2, -0.15) is 5.10 Å². The standard InChI is InChI=1S/C26H22N2O3/c1-31-24-17-16-19(22-14-8-9-15-23(22)24)18-27-28-25(29)26(30,20-10-4-2-5-11-20)21-12-6-3-7-13-21/h2-18,30H,1H3,(H,28,29)/b27-18-. The van der Waals surface area contributed by atoms with Crippen LogP contribution in [0, 0.1) is 0 Å². The van der Waals surface area contributed by atoms with Crippen LogP contribution in [-0.4, -0.2) is 24.3 Å². The minimum absolute atomic E-state index is 0.462. The van der Waals surface area contributed by atoms with Gasteiger partial charge in [0.1, 0.15) is 5.75 Å². The Morgan fingerprint density at radius 1 is 0.839 bits per heavy atom. The van der Waals surface area contributed by atoms with E-state index in [-0.39, 0.29) is 0 Å². The van der Waals surface area contributed by atoms with Crippen molar-refractivity contribution in [3.63, 3.8) is 0 Å². The second-order valence-electron chi connectivity index (χ2n) is 7.04. The van der Waals surface area contributed by atoms with Crippen molar-refractivity contribution in [2.24, 2.45) is 5.10 Å². The molecule has 5 heteroatoms. The third-order valence-electron chi connectivity index (χ3n) is 5.22. The van der Waals surface area contributed by atoms with E-state index in [1.54, 1.807) is 61.9 Å². The van der Waals surface area contributed by atoms with Crippen LogP contribution in [0.25, 0.3) is 10.8 Å². The lowest BCUT2D eigenvalue weighted by Crippen LogP contribution is -2.43. The first kappa shape index (κ1) is 20.3. The molecule has 5 nitrogen and oxygen atoms in total. The summed E-state index contributed by atoms with van der Waals surface area (Å²) in [5.74, 6) is 0.123. The highest BCUT2D eigenvalue weighted by atomic mass is 16.5. The quantitative estimate of drug-likeness (QED) is 0.369. The molecule has 2 N–H and O–H groups in total. The second kappa shape index (κ2) is 8.81. The first-order chi connectivity index (χ1) is 15.1. The molecule has 0 radical (unpaired) electrons. The van der Waals surface area contributed by atoms with Crippen LogP contribution in [0.3, 0.4) is 0 Å². The van der Waals surface area contributed by atoms with Crippen LogP contribution in [0.15, 0.2) is 102 Å². The van der Waals surface area contributed by atoms with Crippen LogP contribution in [0.2, 0.25) is 0 Å². The number of fused-ring (bicyclic) bond motifs is 1. The predicted molar refractivity (Wildman–Crippen MR) is 122 cm³/mol. The number of aliphatic hydroxyl groups is 1. The van der Waals surface area contributed by atoms with Crippen molar-refractivity contribution >= 4 is 22.9 Å². The lowest BCUT2D eigenvalue weighted by atomic mass is 9.85. The summed E-state index contributed by atoms with van der Waals surface area (Å²) in [5.41, 5.74) is 2.38. The molecule has 0 bridgehead atoms. The molecular formula is C26H22N2O3. The highest BCUT2D eigenvalue weighted by molar-refractivity contribution is 6.02. The van der Waals surface area contributed by atoms with E-state index < -0.39 is 11.5 Å². The van der Waals surface area contributed by atoms with E-state index in [4.69, 9.17) is 4.74 Å². The SMILES string of the molecule is COc1ccc(/C=N\NC(=O)C(O)(c2ccccc2)c2ccccc2)c2ccccc12.